The van der Waals surface area contributed by atoms with E-state index in [1.54, 1.807) is 12.1 Å². The summed E-state index contributed by atoms with van der Waals surface area (Å²) in [4.78, 5) is 0. The summed E-state index contributed by atoms with van der Waals surface area (Å²) in [6.07, 6.45) is 0.609. The summed E-state index contributed by atoms with van der Waals surface area (Å²) >= 11 is 23.3. The van der Waals surface area contributed by atoms with E-state index in [2.05, 4.69) is 0 Å². The van der Waals surface area contributed by atoms with Crippen LogP contribution in [0.15, 0.2) is 22.7 Å². The Morgan fingerprint density at radius 3 is 2.67 bits per heavy atom. The van der Waals surface area contributed by atoms with Crippen LogP contribution in [0.3, 0.4) is 0 Å². The van der Waals surface area contributed by atoms with Crippen molar-refractivity contribution in [1.29, 1.82) is 0 Å². The molecule has 2 nitrogen and oxygen atoms in total. The van der Waals surface area contributed by atoms with Crippen LogP contribution in [0.2, 0.25) is 10.0 Å². The molecule has 0 spiro atoms. The van der Waals surface area contributed by atoms with E-state index < -0.39 is 0 Å². The highest BCUT2D eigenvalue weighted by Crippen LogP contribution is 2.33. The first kappa shape index (κ1) is 15.9. The lowest BCUT2D eigenvalue weighted by atomic mass is 10.1. The highest BCUT2D eigenvalue weighted by Gasteiger charge is 2.12. The summed E-state index contributed by atoms with van der Waals surface area (Å²) in [5, 5.41) is 1.36. The van der Waals surface area contributed by atoms with Gasteiger partial charge in [-0.1, -0.05) is 46.4 Å². The molecule has 0 saturated heterocycles. The maximum Gasteiger partial charge on any atom is 0.141 e. The van der Waals surface area contributed by atoms with Gasteiger partial charge >= 0.3 is 0 Å². The second kappa shape index (κ2) is 7.46. The predicted molar refractivity (Wildman–Crippen MR) is 79.1 cm³/mol. The first-order chi connectivity index (χ1) is 8.43. The van der Waals surface area contributed by atoms with Gasteiger partial charge in [-0.25, -0.2) is 0 Å². The van der Waals surface area contributed by atoms with Crippen molar-refractivity contribution >= 4 is 46.4 Å². The molecule has 0 bridgehead atoms. The Morgan fingerprint density at radius 2 is 2.11 bits per heavy atom. The van der Waals surface area contributed by atoms with E-state index in [4.69, 9.17) is 56.9 Å². The van der Waals surface area contributed by atoms with Crippen LogP contribution in [0.5, 0.6) is 5.75 Å². The van der Waals surface area contributed by atoms with Crippen molar-refractivity contribution in [3.05, 3.63) is 38.3 Å². The molecule has 18 heavy (non-hydrogen) atoms. The quantitative estimate of drug-likeness (QED) is 0.858. The Bertz CT molecular complexity index is 446. The van der Waals surface area contributed by atoms with Crippen LogP contribution in [-0.2, 0) is 6.42 Å². The normalized spacial score (nSPS) is 13.6. The first-order valence-corrected chi connectivity index (χ1v) is 6.82. The molecule has 0 fully saturated rings. The molecule has 2 N–H and O–H groups in total. The number of hydrogen-bond acceptors (Lipinski definition) is 2. The maximum atomic E-state index is 6.10. The second-order valence-electron chi connectivity index (χ2n) is 3.90. The summed E-state index contributed by atoms with van der Waals surface area (Å²) in [7, 11) is 0. The molecule has 1 aromatic rings. The van der Waals surface area contributed by atoms with Crippen molar-refractivity contribution in [2.45, 2.75) is 19.4 Å². The first-order valence-electron chi connectivity index (χ1n) is 5.25. The standard InChI is InChI=1S/C12H13Cl4NO/c1-7(17)2-8-3-9(14)4-11(16)12(8)18-6-10(15)5-13/h3-5,7H,2,6,17H2,1H3. The van der Waals surface area contributed by atoms with Gasteiger partial charge in [0.25, 0.3) is 0 Å². The second-order valence-corrected chi connectivity index (χ2v) is 5.45. The minimum atomic E-state index is -0.0269. The van der Waals surface area contributed by atoms with E-state index in [9.17, 15) is 0 Å². The molecule has 0 aliphatic carbocycles. The Kier molecular flexibility index (Phi) is 6.61. The lowest BCUT2D eigenvalue weighted by molar-refractivity contribution is 0.354. The Morgan fingerprint density at radius 1 is 1.44 bits per heavy atom. The van der Waals surface area contributed by atoms with E-state index in [1.165, 1.54) is 5.54 Å². The van der Waals surface area contributed by atoms with Crippen molar-refractivity contribution in [3.63, 3.8) is 0 Å². The van der Waals surface area contributed by atoms with E-state index in [1.807, 2.05) is 6.92 Å². The SMILES string of the molecule is CC(N)Cc1cc(Cl)cc(Cl)c1OCC(Cl)=CCl. The third-order valence-electron chi connectivity index (χ3n) is 2.10. The molecule has 0 aromatic heterocycles. The van der Waals surface area contributed by atoms with Gasteiger partial charge in [0.2, 0.25) is 0 Å². The van der Waals surface area contributed by atoms with Gasteiger partial charge in [-0.2, -0.15) is 0 Å². The highest BCUT2D eigenvalue weighted by atomic mass is 35.5. The molecule has 0 aliphatic heterocycles. The van der Waals surface area contributed by atoms with Crippen LogP contribution in [0.4, 0.5) is 0 Å². The monoisotopic (exact) mass is 327 g/mol. The molecule has 0 aliphatic rings. The third kappa shape index (κ3) is 4.87. The average Bonchev–Trinajstić information content (AvgIpc) is 2.26. The van der Waals surface area contributed by atoms with E-state index in [0.29, 0.717) is 27.2 Å². The zero-order valence-electron chi connectivity index (χ0n) is 9.72. The van der Waals surface area contributed by atoms with Gasteiger partial charge in [0.15, 0.2) is 0 Å². The van der Waals surface area contributed by atoms with Crippen molar-refractivity contribution in [3.8, 4) is 5.75 Å². The van der Waals surface area contributed by atoms with Crippen LogP contribution in [-0.4, -0.2) is 12.6 Å². The fraction of sp³-hybridized carbons (Fsp3) is 0.333. The smallest absolute Gasteiger partial charge is 0.141 e. The van der Waals surface area contributed by atoms with E-state index in [-0.39, 0.29) is 12.6 Å². The molecule has 1 aromatic carbocycles. The van der Waals surface area contributed by atoms with Gasteiger partial charge in [0.1, 0.15) is 12.4 Å². The Hall–Kier alpha value is -0.120. The van der Waals surface area contributed by atoms with Crippen molar-refractivity contribution < 1.29 is 4.74 Å². The molecule has 6 heteroatoms. The summed E-state index contributed by atoms with van der Waals surface area (Å²) < 4.78 is 5.55. The van der Waals surface area contributed by atoms with Crippen LogP contribution < -0.4 is 10.5 Å². The maximum absolute atomic E-state index is 6.10. The zero-order chi connectivity index (χ0) is 13.7. The average molecular weight is 329 g/mol. The molecule has 0 amide bonds. The lowest BCUT2D eigenvalue weighted by Gasteiger charge is -2.15. The molecule has 1 rings (SSSR count). The van der Waals surface area contributed by atoms with Crippen LogP contribution in [0.25, 0.3) is 0 Å². The van der Waals surface area contributed by atoms with Gasteiger partial charge in [-0.15, -0.1) is 0 Å². The van der Waals surface area contributed by atoms with Crippen molar-refractivity contribution in [2.75, 3.05) is 6.61 Å². The number of halogens is 4. The molecule has 0 radical (unpaired) electrons. The highest BCUT2D eigenvalue weighted by molar-refractivity contribution is 6.37. The molecule has 100 valence electrons. The molecular formula is C12H13Cl4NO. The summed E-state index contributed by atoms with van der Waals surface area (Å²) in [6, 6.07) is 3.37. The summed E-state index contributed by atoms with van der Waals surface area (Å²) in [6.45, 7) is 2.04. The number of ether oxygens (including phenoxy) is 1. The van der Waals surface area contributed by atoms with E-state index in [0.717, 1.165) is 5.56 Å². The zero-order valence-corrected chi connectivity index (χ0v) is 12.7. The lowest BCUT2D eigenvalue weighted by Crippen LogP contribution is -2.18. The largest absolute Gasteiger partial charge is 0.486 e. The molecule has 0 heterocycles. The van der Waals surface area contributed by atoms with Crippen LogP contribution in [0.1, 0.15) is 12.5 Å². The van der Waals surface area contributed by atoms with Crippen LogP contribution in [0, 0.1) is 0 Å². The van der Waals surface area contributed by atoms with Gasteiger partial charge in [0.05, 0.1) is 10.1 Å². The summed E-state index contributed by atoms with van der Waals surface area (Å²) in [5.74, 6) is 0.537. The van der Waals surface area contributed by atoms with Gasteiger partial charge < -0.3 is 10.5 Å². The predicted octanol–water partition coefficient (Wildman–Crippen LogP) is 4.58. The molecule has 1 atom stereocenters. The third-order valence-corrected chi connectivity index (χ3v) is 3.19. The molecule has 0 saturated carbocycles. The Balaban J connectivity index is 2.99. The number of rotatable bonds is 5. The number of benzene rings is 1. The van der Waals surface area contributed by atoms with Gasteiger partial charge in [0, 0.05) is 16.6 Å². The summed E-state index contributed by atoms with van der Waals surface area (Å²) in [5.41, 5.74) is 7.87. The Labute approximate surface area is 127 Å². The number of hydrogen-bond donors (Lipinski definition) is 1. The van der Waals surface area contributed by atoms with E-state index >= 15 is 0 Å². The van der Waals surface area contributed by atoms with Gasteiger partial charge in [-0.05, 0) is 31.0 Å². The minimum absolute atomic E-state index is 0.0269. The van der Waals surface area contributed by atoms with Crippen LogP contribution >= 0.6 is 46.4 Å². The van der Waals surface area contributed by atoms with Crippen molar-refractivity contribution in [2.24, 2.45) is 5.73 Å². The number of nitrogens with two attached hydrogens (primary N) is 1. The fourth-order valence-corrected chi connectivity index (χ4v) is 2.15. The molecule has 1 unspecified atom stereocenters. The molecular weight excluding hydrogens is 316 g/mol. The van der Waals surface area contributed by atoms with Gasteiger partial charge in [-0.3, -0.25) is 0 Å². The minimum Gasteiger partial charge on any atom is -0.486 e. The topological polar surface area (TPSA) is 35.2 Å². The fourth-order valence-electron chi connectivity index (χ4n) is 1.45. The van der Waals surface area contributed by atoms with Crippen molar-refractivity contribution in [1.82, 2.24) is 0 Å².